The van der Waals surface area contributed by atoms with Gasteiger partial charge in [0.2, 0.25) is 0 Å². The molecule has 0 aliphatic carbocycles. The van der Waals surface area contributed by atoms with E-state index >= 15 is 0 Å². The Balaban J connectivity index is 1.49. The van der Waals surface area contributed by atoms with Gasteiger partial charge in [0, 0.05) is 60.7 Å². The van der Waals surface area contributed by atoms with Crippen molar-refractivity contribution in [2.45, 2.75) is 32.4 Å². The molecule has 3 N–H and O–H groups in total. The number of amides is 1. The van der Waals surface area contributed by atoms with Gasteiger partial charge < -0.3 is 25.4 Å². The Morgan fingerprint density at radius 2 is 2.25 bits per heavy atom. The standard InChI is InChI=1S/C23H25ClN4O3S/c1-14-17(24)3-2-4-18(14)28-23(32)21-19(6-9-26-22(21)29)27-11-15-5-8-25-12-20(15)31-13-16-7-10-30-16/h2-5,8,12,16,27H,6-7,9-11,13H2,1H3,(H,26,29)(H,28,32). The lowest BCUT2D eigenvalue weighted by Crippen LogP contribution is -2.39. The van der Waals surface area contributed by atoms with Gasteiger partial charge in [-0.25, -0.2) is 0 Å². The van der Waals surface area contributed by atoms with E-state index in [2.05, 4.69) is 20.9 Å². The van der Waals surface area contributed by atoms with Gasteiger partial charge in [-0.05, 0) is 30.7 Å². The van der Waals surface area contributed by atoms with E-state index in [1.54, 1.807) is 12.4 Å². The number of thiocarbonyl (C=S) groups is 1. The maximum atomic E-state index is 12.7. The molecule has 1 aromatic heterocycles. The molecule has 0 spiro atoms. The summed E-state index contributed by atoms with van der Waals surface area (Å²) in [4.78, 5) is 17.2. The molecule has 1 aromatic carbocycles. The summed E-state index contributed by atoms with van der Waals surface area (Å²) in [5.74, 6) is 0.498. The molecular weight excluding hydrogens is 448 g/mol. The van der Waals surface area contributed by atoms with Gasteiger partial charge in [0.05, 0.1) is 17.9 Å². The molecule has 168 valence electrons. The molecule has 2 aliphatic rings. The first-order valence-corrected chi connectivity index (χ1v) is 11.3. The van der Waals surface area contributed by atoms with Crippen LogP contribution in [0.3, 0.4) is 0 Å². The summed E-state index contributed by atoms with van der Waals surface area (Å²) in [5, 5.41) is 10.1. The number of nitrogens with zero attached hydrogens (tertiary/aromatic N) is 1. The van der Waals surface area contributed by atoms with E-state index in [9.17, 15) is 4.79 Å². The lowest BCUT2D eigenvalue weighted by atomic mass is 10.1. The number of halogens is 1. The van der Waals surface area contributed by atoms with Crippen LogP contribution < -0.4 is 20.7 Å². The van der Waals surface area contributed by atoms with Gasteiger partial charge in [0.25, 0.3) is 5.91 Å². The lowest BCUT2D eigenvalue weighted by Gasteiger charge is -2.27. The van der Waals surface area contributed by atoms with Crippen LogP contribution in [0, 0.1) is 6.92 Å². The lowest BCUT2D eigenvalue weighted by molar-refractivity contribution is -0.117. The molecule has 2 aromatic rings. The molecule has 4 rings (SSSR count). The van der Waals surface area contributed by atoms with Crippen molar-refractivity contribution in [3.05, 3.63) is 64.1 Å². The van der Waals surface area contributed by atoms with Crippen molar-refractivity contribution in [1.29, 1.82) is 0 Å². The normalized spacial score (nSPS) is 17.9. The van der Waals surface area contributed by atoms with Crippen molar-refractivity contribution in [3.63, 3.8) is 0 Å². The number of carbonyl (C=O) groups is 1. The molecule has 1 unspecified atom stereocenters. The van der Waals surface area contributed by atoms with Crippen LogP contribution in [0.4, 0.5) is 5.69 Å². The van der Waals surface area contributed by atoms with Crippen molar-refractivity contribution < 1.29 is 14.3 Å². The average molecular weight is 473 g/mol. The maximum absolute atomic E-state index is 12.7. The van der Waals surface area contributed by atoms with Crippen molar-refractivity contribution in [2.24, 2.45) is 0 Å². The Morgan fingerprint density at radius 1 is 1.41 bits per heavy atom. The Hall–Kier alpha value is -2.68. The fraction of sp³-hybridized carbons (Fsp3) is 0.348. The summed E-state index contributed by atoms with van der Waals surface area (Å²) in [6.45, 7) is 4.22. The zero-order valence-electron chi connectivity index (χ0n) is 17.7. The summed E-state index contributed by atoms with van der Waals surface area (Å²) in [5.41, 5.74) is 3.82. The third kappa shape index (κ3) is 5.20. The second kappa shape index (κ2) is 10.3. The quantitative estimate of drug-likeness (QED) is 0.507. The highest BCUT2D eigenvalue weighted by molar-refractivity contribution is 7.81. The van der Waals surface area contributed by atoms with Crippen LogP contribution in [0.1, 0.15) is 24.0 Å². The minimum atomic E-state index is -0.204. The summed E-state index contributed by atoms with van der Waals surface area (Å²) in [7, 11) is 0. The fourth-order valence-corrected chi connectivity index (χ4v) is 3.98. The molecule has 0 saturated carbocycles. The van der Waals surface area contributed by atoms with Crippen LogP contribution in [0.15, 0.2) is 47.9 Å². The summed E-state index contributed by atoms with van der Waals surface area (Å²) in [6.07, 6.45) is 5.23. The van der Waals surface area contributed by atoms with Crippen LogP contribution in [0.5, 0.6) is 5.75 Å². The number of nitrogens with one attached hydrogen (secondary N) is 3. The SMILES string of the molecule is Cc1c(Cl)cccc1NC(=S)C1=C(NCc2ccncc2OCC2CCO2)CCNC1=O. The molecule has 1 amide bonds. The van der Waals surface area contributed by atoms with E-state index in [1.165, 1.54) is 0 Å². The Kier molecular flexibility index (Phi) is 7.24. The molecule has 0 bridgehead atoms. The Bertz CT molecular complexity index is 1060. The number of rotatable bonds is 8. The molecule has 0 radical (unpaired) electrons. The highest BCUT2D eigenvalue weighted by atomic mass is 35.5. The van der Waals surface area contributed by atoms with Gasteiger partial charge in [-0.2, -0.15) is 0 Å². The zero-order valence-corrected chi connectivity index (χ0v) is 19.3. The highest BCUT2D eigenvalue weighted by Gasteiger charge is 2.25. The molecule has 1 saturated heterocycles. The third-order valence-corrected chi connectivity index (χ3v) is 6.23. The van der Waals surface area contributed by atoms with E-state index in [0.29, 0.717) is 47.5 Å². The minimum absolute atomic E-state index is 0.144. The maximum Gasteiger partial charge on any atom is 0.256 e. The number of carbonyl (C=O) groups excluding carboxylic acids is 1. The number of aromatic nitrogens is 1. The van der Waals surface area contributed by atoms with Gasteiger partial charge in [0.1, 0.15) is 17.3 Å². The minimum Gasteiger partial charge on any atom is -0.489 e. The van der Waals surface area contributed by atoms with Crippen LogP contribution in [0.25, 0.3) is 0 Å². The number of pyridine rings is 1. The van der Waals surface area contributed by atoms with Crippen LogP contribution >= 0.6 is 23.8 Å². The van der Waals surface area contributed by atoms with Gasteiger partial charge in [0.15, 0.2) is 0 Å². The number of anilines is 1. The molecule has 7 nitrogen and oxygen atoms in total. The average Bonchev–Trinajstić information content (AvgIpc) is 2.75. The van der Waals surface area contributed by atoms with E-state index < -0.39 is 0 Å². The van der Waals surface area contributed by atoms with Crippen LogP contribution in [-0.4, -0.2) is 41.7 Å². The molecule has 9 heteroatoms. The zero-order chi connectivity index (χ0) is 22.5. The van der Waals surface area contributed by atoms with Gasteiger partial charge in [-0.1, -0.05) is 29.9 Å². The second-order valence-corrected chi connectivity index (χ2v) is 8.47. The fourth-order valence-electron chi connectivity index (χ4n) is 3.48. The van der Waals surface area contributed by atoms with Crippen LogP contribution in [0.2, 0.25) is 5.02 Å². The van der Waals surface area contributed by atoms with E-state index in [-0.39, 0.29) is 12.0 Å². The molecule has 2 aliphatic heterocycles. The predicted molar refractivity (Wildman–Crippen MR) is 128 cm³/mol. The molecular formula is C23H25ClN4O3S. The van der Waals surface area contributed by atoms with Crippen molar-refractivity contribution in [3.8, 4) is 5.75 Å². The Labute approximate surface area is 197 Å². The monoisotopic (exact) mass is 472 g/mol. The van der Waals surface area contributed by atoms with E-state index in [4.69, 9.17) is 33.3 Å². The third-order valence-electron chi connectivity index (χ3n) is 5.51. The molecule has 32 heavy (non-hydrogen) atoms. The summed E-state index contributed by atoms with van der Waals surface area (Å²) in [6, 6.07) is 7.44. The van der Waals surface area contributed by atoms with Crippen molar-refractivity contribution in [2.75, 3.05) is 25.1 Å². The first kappa shape index (κ1) is 22.5. The van der Waals surface area contributed by atoms with Crippen molar-refractivity contribution >= 4 is 40.4 Å². The summed E-state index contributed by atoms with van der Waals surface area (Å²) < 4.78 is 11.3. The molecule has 1 atom stereocenters. The Morgan fingerprint density at radius 3 is 3.03 bits per heavy atom. The topological polar surface area (TPSA) is 84.5 Å². The molecule has 3 heterocycles. The number of benzene rings is 1. The van der Waals surface area contributed by atoms with Gasteiger partial charge >= 0.3 is 0 Å². The van der Waals surface area contributed by atoms with Gasteiger partial charge in [-0.3, -0.25) is 9.78 Å². The second-order valence-electron chi connectivity index (χ2n) is 7.66. The molecule has 1 fully saturated rings. The summed E-state index contributed by atoms with van der Waals surface area (Å²) >= 11 is 11.8. The largest absolute Gasteiger partial charge is 0.489 e. The first-order valence-electron chi connectivity index (χ1n) is 10.5. The first-order chi connectivity index (χ1) is 15.5. The highest BCUT2D eigenvalue weighted by Crippen LogP contribution is 2.25. The van der Waals surface area contributed by atoms with Crippen molar-refractivity contribution in [1.82, 2.24) is 15.6 Å². The number of ether oxygens (including phenoxy) is 2. The van der Waals surface area contributed by atoms with E-state index in [1.807, 2.05) is 31.2 Å². The van der Waals surface area contributed by atoms with Crippen LogP contribution in [-0.2, 0) is 16.1 Å². The smallest absolute Gasteiger partial charge is 0.256 e. The predicted octanol–water partition coefficient (Wildman–Crippen LogP) is 3.51. The number of hydrogen-bond donors (Lipinski definition) is 3. The number of hydrogen-bond acceptors (Lipinski definition) is 6. The van der Waals surface area contributed by atoms with E-state index in [0.717, 1.165) is 35.5 Å². The van der Waals surface area contributed by atoms with Gasteiger partial charge in [-0.15, -0.1) is 0 Å².